The predicted octanol–water partition coefficient (Wildman–Crippen LogP) is 3.08. The number of nitrogens with zero attached hydrogens (tertiary/aromatic N) is 3. The molecule has 0 aliphatic carbocycles. The lowest BCUT2D eigenvalue weighted by Crippen LogP contribution is -2.26. The second-order valence-electron chi connectivity index (χ2n) is 6.67. The van der Waals surface area contributed by atoms with E-state index in [1.54, 1.807) is 21.0 Å². The summed E-state index contributed by atoms with van der Waals surface area (Å²) in [6.07, 6.45) is 0. The summed E-state index contributed by atoms with van der Waals surface area (Å²) in [7, 11) is 3.39. The molecule has 1 aromatic heterocycles. The molecule has 0 radical (unpaired) electrons. The normalized spacial score (nSPS) is 10.8. The van der Waals surface area contributed by atoms with E-state index < -0.39 is 0 Å². The lowest BCUT2D eigenvalue weighted by molar-refractivity contribution is 0.0823. The van der Waals surface area contributed by atoms with Crippen LogP contribution in [0.1, 0.15) is 52.6 Å². The lowest BCUT2D eigenvalue weighted by Gasteiger charge is -2.18. The molecule has 2 N–H and O–H groups in total. The van der Waals surface area contributed by atoms with Gasteiger partial charge in [0.1, 0.15) is 12.4 Å². The van der Waals surface area contributed by atoms with E-state index in [1.807, 2.05) is 13.0 Å². The average Bonchev–Trinajstić information content (AvgIpc) is 2.51. The Kier molecular flexibility index (Phi) is 5.62. The molecule has 6 nitrogen and oxygen atoms in total. The molecule has 1 aromatic carbocycles. The minimum Gasteiger partial charge on any atom is -0.487 e. The third kappa shape index (κ3) is 4.26. The first-order valence-electron chi connectivity index (χ1n) is 8.28. The maximum atomic E-state index is 12.5. The number of hydrogen-bond donors (Lipinski definition) is 1. The van der Waals surface area contributed by atoms with Gasteiger partial charge in [-0.3, -0.25) is 4.79 Å². The number of nitrogen functional groups attached to an aromatic ring is 1. The number of aromatic nitrogens is 2. The maximum absolute atomic E-state index is 12.5. The number of hydrogen-bond acceptors (Lipinski definition) is 5. The second kappa shape index (κ2) is 7.51. The molecule has 0 unspecified atom stereocenters. The van der Waals surface area contributed by atoms with Gasteiger partial charge in [0.25, 0.3) is 5.91 Å². The van der Waals surface area contributed by atoms with Gasteiger partial charge in [0, 0.05) is 14.1 Å². The molecule has 6 heteroatoms. The number of nitrogens with two attached hydrogens (primary N) is 1. The molecule has 1 amide bonds. The molecule has 0 atom stereocenters. The Morgan fingerprint density at radius 1 is 1.24 bits per heavy atom. The first kappa shape index (κ1) is 18.7. The highest BCUT2D eigenvalue weighted by Gasteiger charge is 2.20. The molecule has 134 valence electrons. The topological polar surface area (TPSA) is 81.3 Å². The summed E-state index contributed by atoms with van der Waals surface area (Å²) in [5, 5.41) is 0. The van der Waals surface area contributed by atoms with E-state index in [0.29, 0.717) is 22.9 Å². The number of ether oxygens (including phenoxy) is 1. The van der Waals surface area contributed by atoms with Gasteiger partial charge < -0.3 is 15.4 Å². The minimum atomic E-state index is -0.163. The van der Waals surface area contributed by atoms with Crippen LogP contribution in [0.5, 0.6) is 5.75 Å². The average molecular weight is 342 g/mol. The molecule has 0 saturated carbocycles. The van der Waals surface area contributed by atoms with Gasteiger partial charge in [0.15, 0.2) is 0 Å². The summed E-state index contributed by atoms with van der Waals surface area (Å²) in [6, 6.07) is 6.14. The monoisotopic (exact) mass is 342 g/mol. The SMILES string of the molecule is Cc1ccc(C(C)C)c(OCc2nc(N)nc(C)c2C(=O)N(C)C)c1. The summed E-state index contributed by atoms with van der Waals surface area (Å²) in [5.74, 6) is 1.10. The standard InChI is InChI=1S/C19H26N4O2/c1-11(2)14-8-7-12(3)9-16(14)25-10-15-17(18(24)23(5)6)13(4)21-19(20)22-15/h7-9,11H,10H2,1-6H3,(H2,20,21,22). The van der Waals surface area contributed by atoms with E-state index in [-0.39, 0.29) is 18.5 Å². The van der Waals surface area contributed by atoms with Crippen molar-refractivity contribution in [3.8, 4) is 5.75 Å². The van der Waals surface area contributed by atoms with Crippen molar-refractivity contribution in [1.82, 2.24) is 14.9 Å². The van der Waals surface area contributed by atoms with Gasteiger partial charge in [0.05, 0.1) is 17.0 Å². The predicted molar refractivity (Wildman–Crippen MR) is 98.8 cm³/mol. The van der Waals surface area contributed by atoms with Crippen LogP contribution in [0.2, 0.25) is 0 Å². The van der Waals surface area contributed by atoms with E-state index in [4.69, 9.17) is 10.5 Å². The summed E-state index contributed by atoms with van der Waals surface area (Å²) < 4.78 is 6.03. The summed E-state index contributed by atoms with van der Waals surface area (Å²) in [6.45, 7) is 8.16. The van der Waals surface area contributed by atoms with E-state index >= 15 is 0 Å². The van der Waals surface area contributed by atoms with Gasteiger partial charge in [-0.15, -0.1) is 0 Å². The zero-order chi connectivity index (χ0) is 18.7. The van der Waals surface area contributed by atoms with Crippen molar-refractivity contribution in [1.29, 1.82) is 0 Å². The van der Waals surface area contributed by atoms with E-state index in [1.165, 1.54) is 4.90 Å². The van der Waals surface area contributed by atoms with Crippen molar-refractivity contribution in [2.45, 2.75) is 40.2 Å². The Balaban J connectivity index is 2.39. The lowest BCUT2D eigenvalue weighted by atomic mass is 10.0. The molecular formula is C19H26N4O2. The van der Waals surface area contributed by atoms with Gasteiger partial charge >= 0.3 is 0 Å². The summed E-state index contributed by atoms with van der Waals surface area (Å²) in [5.41, 5.74) is 9.50. The Hall–Kier alpha value is -2.63. The highest BCUT2D eigenvalue weighted by Crippen LogP contribution is 2.28. The van der Waals surface area contributed by atoms with Gasteiger partial charge in [-0.25, -0.2) is 9.97 Å². The number of carbonyl (C=O) groups is 1. The van der Waals surface area contributed by atoms with Crippen molar-refractivity contribution >= 4 is 11.9 Å². The van der Waals surface area contributed by atoms with Gasteiger partial charge in [-0.2, -0.15) is 0 Å². The molecule has 0 bridgehead atoms. The third-order valence-electron chi connectivity index (χ3n) is 3.96. The number of aryl methyl sites for hydroxylation is 2. The number of carbonyl (C=O) groups excluding carboxylic acids is 1. The Bertz CT molecular complexity index is 785. The fraction of sp³-hybridized carbons (Fsp3) is 0.421. The van der Waals surface area contributed by atoms with Crippen LogP contribution in [0.4, 0.5) is 5.95 Å². The highest BCUT2D eigenvalue weighted by molar-refractivity contribution is 5.96. The van der Waals surface area contributed by atoms with Crippen molar-refractivity contribution < 1.29 is 9.53 Å². The maximum Gasteiger partial charge on any atom is 0.257 e. The Morgan fingerprint density at radius 3 is 2.52 bits per heavy atom. The summed E-state index contributed by atoms with van der Waals surface area (Å²) in [4.78, 5) is 22.3. The van der Waals surface area contributed by atoms with Crippen LogP contribution in [0, 0.1) is 13.8 Å². The van der Waals surface area contributed by atoms with Crippen molar-refractivity contribution in [3.63, 3.8) is 0 Å². The first-order valence-corrected chi connectivity index (χ1v) is 8.28. The molecule has 2 aromatic rings. The van der Waals surface area contributed by atoms with Crippen LogP contribution in [0.15, 0.2) is 18.2 Å². The van der Waals surface area contributed by atoms with Gasteiger partial charge in [-0.1, -0.05) is 26.0 Å². The molecule has 0 aliphatic rings. The van der Waals surface area contributed by atoms with Gasteiger partial charge in [0.2, 0.25) is 5.95 Å². The highest BCUT2D eigenvalue weighted by atomic mass is 16.5. The second-order valence-corrected chi connectivity index (χ2v) is 6.67. The molecule has 25 heavy (non-hydrogen) atoms. The minimum absolute atomic E-state index is 0.139. The molecule has 0 spiro atoms. The first-order chi connectivity index (χ1) is 11.7. The fourth-order valence-corrected chi connectivity index (χ4v) is 2.65. The van der Waals surface area contributed by atoms with E-state index in [9.17, 15) is 4.79 Å². The number of benzene rings is 1. The molecule has 0 saturated heterocycles. The largest absolute Gasteiger partial charge is 0.487 e. The van der Waals surface area contributed by atoms with Crippen LogP contribution in [-0.4, -0.2) is 34.9 Å². The zero-order valence-electron chi connectivity index (χ0n) is 15.8. The quantitative estimate of drug-likeness (QED) is 0.903. The van der Waals surface area contributed by atoms with E-state index in [0.717, 1.165) is 16.9 Å². The number of amides is 1. The summed E-state index contributed by atoms with van der Waals surface area (Å²) >= 11 is 0. The molecule has 1 heterocycles. The number of rotatable bonds is 5. The van der Waals surface area contributed by atoms with E-state index in [2.05, 4.69) is 35.9 Å². The smallest absolute Gasteiger partial charge is 0.257 e. The van der Waals surface area contributed by atoms with Crippen LogP contribution in [0.25, 0.3) is 0 Å². The van der Waals surface area contributed by atoms with Gasteiger partial charge in [-0.05, 0) is 37.0 Å². The van der Waals surface area contributed by atoms with Crippen LogP contribution < -0.4 is 10.5 Å². The van der Waals surface area contributed by atoms with Crippen LogP contribution in [-0.2, 0) is 6.61 Å². The van der Waals surface area contributed by atoms with Crippen LogP contribution >= 0.6 is 0 Å². The molecule has 0 fully saturated rings. The van der Waals surface area contributed by atoms with Crippen molar-refractivity contribution in [3.05, 3.63) is 46.3 Å². The fourth-order valence-electron chi connectivity index (χ4n) is 2.65. The third-order valence-corrected chi connectivity index (χ3v) is 3.96. The Labute approximate surface area is 149 Å². The molecule has 2 rings (SSSR count). The Morgan fingerprint density at radius 2 is 1.92 bits per heavy atom. The van der Waals surface area contributed by atoms with Crippen LogP contribution in [0.3, 0.4) is 0 Å². The molecular weight excluding hydrogens is 316 g/mol. The van der Waals surface area contributed by atoms with Crippen molar-refractivity contribution in [2.75, 3.05) is 19.8 Å². The number of anilines is 1. The zero-order valence-corrected chi connectivity index (χ0v) is 15.8. The molecule has 0 aliphatic heterocycles. The van der Waals surface area contributed by atoms with Crippen molar-refractivity contribution in [2.24, 2.45) is 0 Å².